The summed E-state index contributed by atoms with van der Waals surface area (Å²) in [5.74, 6) is 0. The summed E-state index contributed by atoms with van der Waals surface area (Å²) in [5.41, 5.74) is 2.30. The first kappa shape index (κ1) is 11.2. The van der Waals surface area contributed by atoms with Gasteiger partial charge in [-0.1, -0.05) is 38.1 Å². The van der Waals surface area contributed by atoms with E-state index < -0.39 is 0 Å². The van der Waals surface area contributed by atoms with Crippen molar-refractivity contribution in [2.45, 2.75) is 26.4 Å². The lowest BCUT2D eigenvalue weighted by molar-refractivity contribution is 0.175. The molecule has 1 aromatic carbocycles. The number of aliphatic hydroxyl groups excluding tert-OH is 1. The fourth-order valence-electron chi connectivity index (χ4n) is 1.37. The van der Waals surface area contributed by atoms with Crippen LogP contribution in [0.3, 0.4) is 0 Å². The van der Waals surface area contributed by atoms with E-state index in [4.69, 9.17) is 0 Å². The lowest BCUT2D eigenvalue weighted by atomic mass is 10.1. The van der Waals surface area contributed by atoms with Gasteiger partial charge in [-0.25, -0.2) is 0 Å². The second-order valence-corrected chi connectivity index (χ2v) is 3.42. The van der Waals surface area contributed by atoms with Crippen molar-refractivity contribution in [2.75, 3.05) is 13.1 Å². The van der Waals surface area contributed by atoms with Crippen molar-refractivity contribution in [2.24, 2.45) is 0 Å². The van der Waals surface area contributed by atoms with Crippen LogP contribution in [0, 0.1) is 0 Å². The van der Waals surface area contributed by atoms with Gasteiger partial charge in [-0.3, -0.25) is 0 Å². The fraction of sp³-hybridized carbons (Fsp3) is 0.500. The minimum absolute atomic E-state index is 0.388. The zero-order valence-electron chi connectivity index (χ0n) is 8.96. The van der Waals surface area contributed by atoms with Gasteiger partial charge in [-0.15, -0.1) is 0 Å². The molecule has 0 aliphatic heterocycles. The highest BCUT2D eigenvalue weighted by Crippen LogP contribution is 2.13. The molecule has 1 rings (SSSR count). The fourth-order valence-corrected chi connectivity index (χ4v) is 1.37. The van der Waals surface area contributed by atoms with E-state index in [-0.39, 0.29) is 6.10 Å². The molecular weight excluding hydrogens is 174 g/mol. The highest BCUT2D eigenvalue weighted by Gasteiger charge is 2.05. The van der Waals surface area contributed by atoms with Gasteiger partial charge in [0.2, 0.25) is 0 Å². The molecule has 0 fully saturated rings. The minimum Gasteiger partial charge on any atom is -0.387 e. The van der Waals surface area contributed by atoms with Crippen molar-refractivity contribution >= 4 is 0 Å². The Morgan fingerprint density at radius 2 is 1.86 bits per heavy atom. The summed E-state index contributed by atoms with van der Waals surface area (Å²) in [5, 5.41) is 12.9. The van der Waals surface area contributed by atoms with Crippen LogP contribution in [0.4, 0.5) is 0 Å². The summed E-state index contributed by atoms with van der Waals surface area (Å²) >= 11 is 0. The summed E-state index contributed by atoms with van der Waals surface area (Å²) in [7, 11) is 0. The number of likely N-dealkylation sites (N-methyl/N-ethyl adjacent to an activating group) is 1. The van der Waals surface area contributed by atoms with Crippen LogP contribution in [-0.4, -0.2) is 18.2 Å². The van der Waals surface area contributed by atoms with Gasteiger partial charge in [0.15, 0.2) is 0 Å². The van der Waals surface area contributed by atoms with E-state index in [9.17, 15) is 5.11 Å². The van der Waals surface area contributed by atoms with Crippen LogP contribution in [0.15, 0.2) is 24.3 Å². The van der Waals surface area contributed by atoms with Crippen molar-refractivity contribution in [3.05, 3.63) is 35.4 Å². The lowest BCUT2D eigenvalue weighted by Gasteiger charge is -2.11. The number of benzene rings is 1. The normalized spacial score (nSPS) is 12.8. The number of nitrogens with one attached hydrogen (secondary N) is 1. The summed E-state index contributed by atoms with van der Waals surface area (Å²) in [6, 6.07) is 8.15. The molecule has 78 valence electrons. The molecule has 0 aliphatic carbocycles. The smallest absolute Gasteiger partial charge is 0.0914 e. The second-order valence-electron chi connectivity index (χ2n) is 3.42. The van der Waals surface area contributed by atoms with Crippen molar-refractivity contribution in [1.29, 1.82) is 0 Å². The Bertz CT molecular complexity index is 256. The highest BCUT2D eigenvalue weighted by atomic mass is 16.3. The van der Waals surface area contributed by atoms with Gasteiger partial charge >= 0.3 is 0 Å². The second kappa shape index (κ2) is 5.78. The summed E-state index contributed by atoms with van der Waals surface area (Å²) in [6.07, 6.45) is 0.657. The van der Waals surface area contributed by atoms with E-state index in [1.165, 1.54) is 5.56 Å². The molecule has 1 aromatic rings. The zero-order valence-corrected chi connectivity index (χ0v) is 8.96. The van der Waals surface area contributed by atoms with E-state index in [2.05, 4.69) is 24.4 Å². The van der Waals surface area contributed by atoms with Crippen LogP contribution in [0.25, 0.3) is 0 Å². The quantitative estimate of drug-likeness (QED) is 0.748. The molecule has 0 saturated carbocycles. The van der Waals surface area contributed by atoms with E-state index in [0.29, 0.717) is 6.54 Å². The monoisotopic (exact) mass is 193 g/mol. The van der Waals surface area contributed by atoms with Crippen molar-refractivity contribution in [3.8, 4) is 0 Å². The van der Waals surface area contributed by atoms with Gasteiger partial charge in [0.1, 0.15) is 0 Å². The molecule has 0 aliphatic rings. The molecule has 0 amide bonds. The SMILES string of the molecule is CCNCC(O)c1ccc(CC)cc1. The first-order chi connectivity index (χ1) is 6.77. The maximum atomic E-state index is 9.75. The average molecular weight is 193 g/mol. The maximum Gasteiger partial charge on any atom is 0.0914 e. The van der Waals surface area contributed by atoms with Crippen LogP contribution in [0.2, 0.25) is 0 Å². The summed E-state index contributed by atoms with van der Waals surface area (Å²) in [4.78, 5) is 0. The van der Waals surface area contributed by atoms with Crippen LogP contribution >= 0.6 is 0 Å². The van der Waals surface area contributed by atoms with Crippen LogP contribution < -0.4 is 5.32 Å². The molecule has 0 radical (unpaired) electrons. The molecule has 2 nitrogen and oxygen atoms in total. The number of aliphatic hydroxyl groups is 1. The topological polar surface area (TPSA) is 32.3 Å². The molecule has 0 aromatic heterocycles. The maximum absolute atomic E-state index is 9.75. The first-order valence-electron chi connectivity index (χ1n) is 5.25. The molecule has 0 bridgehead atoms. The Labute approximate surface area is 86.0 Å². The number of hydrogen-bond acceptors (Lipinski definition) is 2. The number of rotatable bonds is 5. The summed E-state index contributed by atoms with van der Waals surface area (Å²) in [6.45, 7) is 5.68. The Kier molecular flexibility index (Phi) is 4.63. The Balaban J connectivity index is 2.57. The van der Waals surface area contributed by atoms with Crippen LogP contribution in [0.5, 0.6) is 0 Å². The Hall–Kier alpha value is -0.860. The van der Waals surface area contributed by atoms with E-state index in [1.807, 2.05) is 19.1 Å². The molecule has 1 atom stereocenters. The molecule has 0 heterocycles. The van der Waals surface area contributed by atoms with Gasteiger partial charge in [-0.05, 0) is 24.1 Å². The van der Waals surface area contributed by atoms with E-state index in [1.54, 1.807) is 0 Å². The molecule has 2 N–H and O–H groups in total. The van der Waals surface area contributed by atoms with Crippen LogP contribution in [-0.2, 0) is 6.42 Å². The minimum atomic E-state index is -0.388. The van der Waals surface area contributed by atoms with Gasteiger partial charge in [-0.2, -0.15) is 0 Å². The largest absolute Gasteiger partial charge is 0.387 e. The standard InChI is InChI=1S/C12H19NO/c1-3-10-5-7-11(8-6-10)12(14)9-13-4-2/h5-8,12-14H,3-4,9H2,1-2H3. The Morgan fingerprint density at radius 1 is 1.21 bits per heavy atom. The number of aryl methyl sites for hydroxylation is 1. The van der Waals surface area contributed by atoms with Gasteiger partial charge < -0.3 is 10.4 Å². The Morgan fingerprint density at radius 3 is 2.36 bits per heavy atom. The molecule has 0 spiro atoms. The molecule has 14 heavy (non-hydrogen) atoms. The first-order valence-corrected chi connectivity index (χ1v) is 5.25. The third kappa shape index (κ3) is 3.13. The predicted octanol–water partition coefficient (Wildman–Crippen LogP) is 1.89. The highest BCUT2D eigenvalue weighted by molar-refractivity contribution is 5.24. The molecule has 0 saturated heterocycles. The van der Waals surface area contributed by atoms with Crippen molar-refractivity contribution in [1.82, 2.24) is 5.32 Å². The van der Waals surface area contributed by atoms with Crippen LogP contribution in [0.1, 0.15) is 31.1 Å². The third-order valence-corrected chi connectivity index (χ3v) is 2.36. The van der Waals surface area contributed by atoms with Crippen molar-refractivity contribution < 1.29 is 5.11 Å². The van der Waals surface area contributed by atoms with Gasteiger partial charge in [0.25, 0.3) is 0 Å². The van der Waals surface area contributed by atoms with Gasteiger partial charge in [0.05, 0.1) is 6.10 Å². The third-order valence-electron chi connectivity index (χ3n) is 2.36. The van der Waals surface area contributed by atoms with Crippen molar-refractivity contribution in [3.63, 3.8) is 0 Å². The molecule has 2 heteroatoms. The van der Waals surface area contributed by atoms with Gasteiger partial charge in [0, 0.05) is 6.54 Å². The molecular formula is C12H19NO. The lowest BCUT2D eigenvalue weighted by Crippen LogP contribution is -2.20. The average Bonchev–Trinajstić information content (AvgIpc) is 2.26. The zero-order chi connectivity index (χ0) is 10.4. The predicted molar refractivity (Wildman–Crippen MR) is 59.3 cm³/mol. The summed E-state index contributed by atoms with van der Waals surface area (Å²) < 4.78 is 0. The van der Waals surface area contributed by atoms with E-state index in [0.717, 1.165) is 18.5 Å². The number of hydrogen-bond donors (Lipinski definition) is 2. The van der Waals surface area contributed by atoms with E-state index >= 15 is 0 Å². The molecule has 1 unspecified atom stereocenters.